The zero-order chi connectivity index (χ0) is 14.4. The summed E-state index contributed by atoms with van der Waals surface area (Å²) >= 11 is 0. The minimum atomic E-state index is -0.143. The molecule has 20 heavy (non-hydrogen) atoms. The number of aromatic nitrogens is 3. The van der Waals surface area contributed by atoms with Crippen molar-refractivity contribution in [2.75, 3.05) is 0 Å². The SMILES string of the molecule is CC(NC(=O)NC1CCCCCCC1)c1nncn1C. The van der Waals surface area contributed by atoms with E-state index in [4.69, 9.17) is 0 Å². The van der Waals surface area contributed by atoms with Gasteiger partial charge in [-0.25, -0.2) is 4.79 Å². The molecular formula is C14H25N5O. The molecule has 1 aromatic rings. The number of urea groups is 1. The number of hydrogen-bond donors (Lipinski definition) is 2. The van der Waals surface area contributed by atoms with Gasteiger partial charge < -0.3 is 15.2 Å². The monoisotopic (exact) mass is 279 g/mol. The zero-order valence-corrected chi connectivity index (χ0v) is 12.4. The summed E-state index contributed by atoms with van der Waals surface area (Å²) in [5, 5.41) is 13.9. The number of nitrogens with one attached hydrogen (secondary N) is 2. The van der Waals surface area contributed by atoms with Crippen molar-refractivity contribution >= 4 is 6.03 Å². The van der Waals surface area contributed by atoms with Gasteiger partial charge in [0.15, 0.2) is 5.82 Å². The summed E-state index contributed by atoms with van der Waals surface area (Å²) in [7, 11) is 1.88. The van der Waals surface area contributed by atoms with E-state index in [9.17, 15) is 4.79 Å². The number of nitrogens with zero attached hydrogens (tertiary/aromatic N) is 3. The maximum Gasteiger partial charge on any atom is 0.315 e. The van der Waals surface area contributed by atoms with Gasteiger partial charge in [0, 0.05) is 13.1 Å². The summed E-state index contributed by atoms with van der Waals surface area (Å²) in [5.74, 6) is 0.762. The Morgan fingerprint density at radius 3 is 2.55 bits per heavy atom. The molecule has 1 aliphatic rings. The maximum atomic E-state index is 12.0. The Balaban J connectivity index is 1.80. The number of aryl methyl sites for hydroxylation is 1. The van der Waals surface area contributed by atoms with Gasteiger partial charge in [-0.1, -0.05) is 32.1 Å². The summed E-state index contributed by atoms with van der Waals surface area (Å²) in [6.07, 6.45) is 10.2. The molecule has 1 saturated carbocycles. The Morgan fingerprint density at radius 1 is 1.30 bits per heavy atom. The van der Waals surface area contributed by atoms with E-state index in [0.717, 1.165) is 18.7 Å². The average Bonchev–Trinajstić information content (AvgIpc) is 2.78. The van der Waals surface area contributed by atoms with Crippen molar-refractivity contribution in [3.63, 3.8) is 0 Å². The van der Waals surface area contributed by atoms with E-state index in [0.29, 0.717) is 6.04 Å². The Hall–Kier alpha value is -1.59. The van der Waals surface area contributed by atoms with E-state index in [2.05, 4.69) is 20.8 Å². The fourth-order valence-electron chi connectivity index (χ4n) is 2.77. The molecule has 6 nitrogen and oxygen atoms in total. The second-order valence-corrected chi connectivity index (χ2v) is 5.68. The Morgan fingerprint density at radius 2 is 1.95 bits per heavy atom. The van der Waals surface area contributed by atoms with E-state index < -0.39 is 0 Å². The van der Waals surface area contributed by atoms with Gasteiger partial charge in [-0.15, -0.1) is 10.2 Å². The number of rotatable bonds is 3. The van der Waals surface area contributed by atoms with Crippen LogP contribution in [-0.2, 0) is 7.05 Å². The lowest BCUT2D eigenvalue weighted by molar-refractivity contribution is 0.230. The Bertz CT molecular complexity index is 423. The van der Waals surface area contributed by atoms with Gasteiger partial charge in [0.05, 0.1) is 6.04 Å². The van der Waals surface area contributed by atoms with Gasteiger partial charge >= 0.3 is 6.03 Å². The molecule has 0 radical (unpaired) electrons. The third kappa shape index (κ3) is 4.21. The van der Waals surface area contributed by atoms with Crippen molar-refractivity contribution < 1.29 is 4.79 Å². The summed E-state index contributed by atoms with van der Waals surface area (Å²) in [6, 6.07) is 0.0594. The molecule has 0 aromatic carbocycles. The van der Waals surface area contributed by atoms with Gasteiger partial charge in [-0.2, -0.15) is 0 Å². The van der Waals surface area contributed by atoms with E-state index in [-0.39, 0.29) is 12.1 Å². The highest BCUT2D eigenvalue weighted by atomic mass is 16.2. The van der Waals surface area contributed by atoms with Crippen molar-refractivity contribution in [2.24, 2.45) is 7.05 Å². The lowest BCUT2D eigenvalue weighted by Crippen LogP contribution is -2.43. The van der Waals surface area contributed by atoms with Crippen molar-refractivity contribution in [3.8, 4) is 0 Å². The molecule has 0 spiro atoms. The van der Waals surface area contributed by atoms with E-state index in [1.807, 2.05) is 18.5 Å². The van der Waals surface area contributed by atoms with Gasteiger partial charge in [0.25, 0.3) is 0 Å². The van der Waals surface area contributed by atoms with E-state index in [1.54, 1.807) is 6.33 Å². The molecule has 1 fully saturated rings. The maximum absolute atomic E-state index is 12.0. The predicted octanol–water partition coefficient (Wildman–Crippen LogP) is 2.29. The van der Waals surface area contributed by atoms with E-state index in [1.165, 1.54) is 32.1 Å². The summed E-state index contributed by atoms with van der Waals surface area (Å²) in [6.45, 7) is 1.92. The quantitative estimate of drug-likeness (QED) is 0.891. The number of carbonyl (C=O) groups is 1. The lowest BCUT2D eigenvalue weighted by Gasteiger charge is -2.22. The van der Waals surface area contributed by atoms with Gasteiger partial charge in [-0.3, -0.25) is 0 Å². The molecule has 1 heterocycles. The first-order chi connectivity index (χ1) is 9.66. The predicted molar refractivity (Wildman–Crippen MR) is 77.2 cm³/mol. The number of hydrogen-bond acceptors (Lipinski definition) is 3. The minimum Gasteiger partial charge on any atom is -0.335 e. The fourth-order valence-corrected chi connectivity index (χ4v) is 2.77. The molecular weight excluding hydrogens is 254 g/mol. The molecule has 2 amide bonds. The molecule has 1 atom stereocenters. The molecule has 1 unspecified atom stereocenters. The van der Waals surface area contributed by atoms with E-state index >= 15 is 0 Å². The van der Waals surface area contributed by atoms with Crippen molar-refractivity contribution in [2.45, 2.75) is 64.0 Å². The van der Waals surface area contributed by atoms with Crippen LogP contribution < -0.4 is 10.6 Å². The van der Waals surface area contributed by atoms with Crippen LogP contribution in [0.2, 0.25) is 0 Å². The molecule has 112 valence electrons. The molecule has 1 aliphatic carbocycles. The van der Waals surface area contributed by atoms with Crippen LogP contribution in [0.1, 0.15) is 63.7 Å². The molecule has 2 N–H and O–H groups in total. The van der Waals surface area contributed by atoms with Crippen LogP contribution in [0.3, 0.4) is 0 Å². The van der Waals surface area contributed by atoms with Crippen molar-refractivity contribution in [3.05, 3.63) is 12.2 Å². The zero-order valence-electron chi connectivity index (χ0n) is 12.4. The minimum absolute atomic E-state index is 0.105. The second kappa shape index (κ2) is 7.26. The van der Waals surface area contributed by atoms with Crippen molar-refractivity contribution in [1.29, 1.82) is 0 Å². The highest BCUT2D eigenvalue weighted by Gasteiger charge is 2.17. The third-order valence-electron chi connectivity index (χ3n) is 3.92. The topological polar surface area (TPSA) is 71.8 Å². The van der Waals surface area contributed by atoms with Crippen LogP contribution in [0.5, 0.6) is 0 Å². The number of carbonyl (C=O) groups excluding carboxylic acids is 1. The van der Waals surface area contributed by atoms with Crippen LogP contribution in [0, 0.1) is 0 Å². The van der Waals surface area contributed by atoms with Crippen LogP contribution in [-0.4, -0.2) is 26.8 Å². The lowest BCUT2D eigenvalue weighted by atomic mass is 9.97. The largest absolute Gasteiger partial charge is 0.335 e. The first-order valence-electron chi connectivity index (χ1n) is 7.57. The molecule has 0 bridgehead atoms. The normalized spacial score (nSPS) is 18.9. The highest BCUT2D eigenvalue weighted by Crippen LogP contribution is 2.17. The molecule has 2 rings (SSSR count). The second-order valence-electron chi connectivity index (χ2n) is 5.68. The average molecular weight is 279 g/mol. The Labute approximate surface area is 120 Å². The number of amides is 2. The van der Waals surface area contributed by atoms with Crippen LogP contribution in [0.25, 0.3) is 0 Å². The first-order valence-corrected chi connectivity index (χ1v) is 7.57. The van der Waals surface area contributed by atoms with Crippen LogP contribution in [0.15, 0.2) is 6.33 Å². The van der Waals surface area contributed by atoms with Crippen molar-refractivity contribution in [1.82, 2.24) is 25.4 Å². The summed E-state index contributed by atoms with van der Waals surface area (Å²) in [5.41, 5.74) is 0. The standard InChI is InChI=1S/C14H25N5O/c1-11(13-18-15-10-19(13)2)16-14(20)17-12-8-6-4-3-5-7-9-12/h10-12H,3-9H2,1-2H3,(H2,16,17,20). The molecule has 6 heteroatoms. The Kier molecular flexibility index (Phi) is 5.38. The van der Waals surface area contributed by atoms with Gasteiger partial charge in [0.1, 0.15) is 6.33 Å². The van der Waals surface area contributed by atoms with Gasteiger partial charge in [0.2, 0.25) is 0 Å². The molecule has 0 saturated heterocycles. The van der Waals surface area contributed by atoms with Crippen LogP contribution in [0.4, 0.5) is 4.79 Å². The van der Waals surface area contributed by atoms with Crippen LogP contribution >= 0.6 is 0 Å². The smallest absolute Gasteiger partial charge is 0.315 e. The first kappa shape index (κ1) is 14.8. The summed E-state index contributed by atoms with van der Waals surface area (Å²) < 4.78 is 1.82. The molecule has 1 aromatic heterocycles. The molecule has 0 aliphatic heterocycles. The summed E-state index contributed by atoms with van der Waals surface area (Å²) in [4.78, 5) is 12.0. The van der Waals surface area contributed by atoms with Gasteiger partial charge in [-0.05, 0) is 19.8 Å². The fraction of sp³-hybridized carbons (Fsp3) is 0.786. The third-order valence-corrected chi connectivity index (χ3v) is 3.92. The highest BCUT2D eigenvalue weighted by molar-refractivity contribution is 5.74.